The van der Waals surface area contributed by atoms with Gasteiger partial charge in [-0.2, -0.15) is 0 Å². The van der Waals surface area contributed by atoms with Gasteiger partial charge in [0.25, 0.3) is 0 Å². The molecule has 2 aromatic rings. The highest BCUT2D eigenvalue weighted by atomic mass is 19.1. The predicted molar refractivity (Wildman–Crippen MR) is 66.1 cm³/mol. The van der Waals surface area contributed by atoms with Crippen molar-refractivity contribution in [3.63, 3.8) is 0 Å². The van der Waals surface area contributed by atoms with Gasteiger partial charge >= 0.3 is 0 Å². The topological polar surface area (TPSA) is 42.4 Å². The highest BCUT2D eigenvalue weighted by Gasteiger charge is 2.04. The normalized spacial score (nSPS) is 12.2. The van der Waals surface area contributed by atoms with Crippen LogP contribution in [-0.2, 0) is 0 Å². The lowest BCUT2D eigenvalue weighted by atomic mass is 10.2. The first-order valence-electron chi connectivity index (χ1n) is 5.64. The summed E-state index contributed by atoms with van der Waals surface area (Å²) in [6.45, 7) is 3.35. The van der Waals surface area contributed by atoms with E-state index >= 15 is 0 Å². The van der Waals surface area contributed by atoms with E-state index in [1.165, 1.54) is 12.3 Å². The maximum absolute atomic E-state index is 13.3. The molecule has 94 valence electrons. The molecule has 1 atom stereocenters. The molecule has 4 heteroatoms. The first kappa shape index (κ1) is 12.5. The van der Waals surface area contributed by atoms with E-state index in [4.69, 9.17) is 4.74 Å². The Morgan fingerprint density at radius 1 is 1.28 bits per heavy atom. The summed E-state index contributed by atoms with van der Waals surface area (Å²) in [4.78, 5) is 4.04. The first-order chi connectivity index (χ1) is 8.56. The average molecular weight is 247 g/mol. The van der Waals surface area contributed by atoms with Crippen molar-refractivity contribution in [1.29, 1.82) is 0 Å². The van der Waals surface area contributed by atoms with Gasteiger partial charge in [0.2, 0.25) is 5.88 Å². The number of aryl methyl sites for hydroxylation is 1. The van der Waals surface area contributed by atoms with Gasteiger partial charge in [0, 0.05) is 18.3 Å². The highest BCUT2D eigenvalue weighted by molar-refractivity contribution is 5.31. The third-order valence-corrected chi connectivity index (χ3v) is 2.61. The molecule has 3 nitrogen and oxygen atoms in total. The molecular formula is C14H14FNO2. The zero-order valence-corrected chi connectivity index (χ0v) is 10.2. The van der Waals surface area contributed by atoms with Gasteiger partial charge in [0.05, 0.1) is 6.10 Å². The van der Waals surface area contributed by atoms with Gasteiger partial charge in [0.15, 0.2) is 0 Å². The van der Waals surface area contributed by atoms with Crippen molar-refractivity contribution in [3.05, 3.63) is 53.5 Å². The largest absolute Gasteiger partial charge is 0.439 e. The number of aliphatic hydroxyl groups is 1. The van der Waals surface area contributed by atoms with Crippen LogP contribution in [0.15, 0.2) is 36.5 Å². The van der Waals surface area contributed by atoms with E-state index in [9.17, 15) is 9.50 Å². The average Bonchev–Trinajstić information content (AvgIpc) is 2.34. The maximum Gasteiger partial charge on any atom is 0.219 e. The highest BCUT2D eigenvalue weighted by Crippen LogP contribution is 2.22. The van der Waals surface area contributed by atoms with Crippen molar-refractivity contribution >= 4 is 0 Å². The lowest BCUT2D eigenvalue weighted by molar-refractivity contribution is 0.198. The van der Waals surface area contributed by atoms with Crippen LogP contribution >= 0.6 is 0 Å². The van der Waals surface area contributed by atoms with E-state index in [1.807, 2.05) is 0 Å². The summed E-state index contributed by atoms with van der Waals surface area (Å²) in [7, 11) is 0. The molecule has 0 aliphatic heterocycles. The number of ether oxygens (including phenoxy) is 1. The lowest BCUT2D eigenvalue weighted by Gasteiger charge is -2.07. The third kappa shape index (κ3) is 2.84. The van der Waals surface area contributed by atoms with Crippen molar-refractivity contribution in [1.82, 2.24) is 4.98 Å². The zero-order chi connectivity index (χ0) is 13.1. The number of rotatable bonds is 3. The van der Waals surface area contributed by atoms with Gasteiger partial charge in [-0.3, -0.25) is 0 Å². The van der Waals surface area contributed by atoms with Crippen LogP contribution in [-0.4, -0.2) is 10.1 Å². The van der Waals surface area contributed by atoms with Gasteiger partial charge in [-0.1, -0.05) is 6.07 Å². The minimum Gasteiger partial charge on any atom is -0.439 e. The molecule has 0 bridgehead atoms. The Labute approximate surface area is 105 Å². The Balaban J connectivity index is 2.15. The number of pyridine rings is 1. The Hall–Kier alpha value is -1.94. The molecule has 2 rings (SSSR count). The van der Waals surface area contributed by atoms with E-state index in [2.05, 4.69) is 4.98 Å². The minimum absolute atomic E-state index is 0.312. The second-order valence-electron chi connectivity index (χ2n) is 4.12. The summed E-state index contributed by atoms with van der Waals surface area (Å²) in [6, 6.07) is 8.01. The summed E-state index contributed by atoms with van der Waals surface area (Å²) >= 11 is 0. The molecule has 0 fully saturated rings. The number of hydrogen-bond donors (Lipinski definition) is 1. The quantitative estimate of drug-likeness (QED) is 0.904. The summed E-state index contributed by atoms with van der Waals surface area (Å²) < 4.78 is 18.7. The van der Waals surface area contributed by atoms with E-state index in [0.717, 1.165) is 0 Å². The summed E-state index contributed by atoms with van der Waals surface area (Å²) in [5, 5.41) is 9.34. The number of benzene rings is 1. The number of halogens is 1. The van der Waals surface area contributed by atoms with E-state index < -0.39 is 6.10 Å². The summed E-state index contributed by atoms with van der Waals surface area (Å²) in [5.74, 6) is 0.450. The second kappa shape index (κ2) is 5.14. The van der Waals surface area contributed by atoms with Gasteiger partial charge in [0.1, 0.15) is 11.6 Å². The van der Waals surface area contributed by atoms with Gasteiger partial charge in [-0.25, -0.2) is 9.37 Å². The molecule has 18 heavy (non-hydrogen) atoms. The monoisotopic (exact) mass is 247 g/mol. The van der Waals surface area contributed by atoms with E-state index in [1.54, 1.807) is 38.1 Å². The van der Waals surface area contributed by atoms with Gasteiger partial charge < -0.3 is 9.84 Å². The van der Waals surface area contributed by atoms with Crippen LogP contribution in [0.1, 0.15) is 24.2 Å². The number of nitrogens with zero attached hydrogens (tertiary/aromatic N) is 1. The van der Waals surface area contributed by atoms with Crippen molar-refractivity contribution in [2.45, 2.75) is 20.0 Å². The fourth-order valence-electron chi connectivity index (χ4n) is 1.46. The zero-order valence-electron chi connectivity index (χ0n) is 10.2. The maximum atomic E-state index is 13.3. The van der Waals surface area contributed by atoms with Crippen LogP contribution in [0.4, 0.5) is 4.39 Å². The van der Waals surface area contributed by atoms with Gasteiger partial charge in [-0.05, 0) is 37.1 Å². The molecular weight excluding hydrogens is 233 g/mol. The molecule has 1 aromatic carbocycles. The molecule has 0 saturated heterocycles. The van der Waals surface area contributed by atoms with Crippen LogP contribution in [0.5, 0.6) is 11.6 Å². The van der Waals surface area contributed by atoms with Crippen LogP contribution in [0.2, 0.25) is 0 Å². The van der Waals surface area contributed by atoms with Crippen LogP contribution in [0.25, 0.3) is 0 Å². The third-order valence-electron chi connectivity index (χ3n) is 2.61. The molecule has 0 spiro atoms. The molecule has 0 unspecified atom stereocenters. The van der Waals surface area contributed by atoms with Crippen molar-refractivity contribution in [2.75, 3.05) is 0 Å². The molecule has 1 aromatic heterocycles. The minimum atomic E-state index is -0.566. The fourth-order valence-corrected chi connectivity index (χ4v) is 1.46. The smallest absolute Gasteiger partial charge is 0.219 e. The van der Waals surface area contributed by atoms with Crippen LogP contribution in [0, 0.1) is 12.7 Å². The van der Waals surface area contributed by atoms with Crippen molar-refractivity contribution < 1.29 is 14.2 Å². The Morgan fingerprint density at radius 2 is 2.06 bits per heavy atom. The molecule has 1 N–H and O–H groups in total. The van der Waals surface area contributed by atoms with E-state index in [0.29, 0.717) is 22.8 Å². The second-order valence-corrected chi connectivity index (χ2v) is 4.12. The van der Waals surface area contributed by atoms with Crippen molar-refractivity contribution in [3.8, 4) is 11.6 Å². The standard InChI is InChI=1S/C14H14FNO2/c1-9-3-5-12(7-13(9)15)18-14-6-4-11(8-16-14)10(2)17/h3-8,10,17H,1-2H3/t10-/m0/s1. The van der Waals surface area contributed by atoms with Gasteiger partial charge in [-0.15, -0.1) is 0 Å². The Bertz CT molecular complexity index is 538. The van der Waals surface area contributed by atoms with E-state index in [-0.39, 0.29) is 5.82 Å². The molecule has 0 aliphatic rings. The fraction of sp³-hybridized carbons (Fsp3) is 0.214. The summed E-state index contributed by atoms with van der Waals surface area (Å²) in [5.41, 5.74) is 1.28. The number of aromatic nitrogens is 1. The Kier molecular flexibility index (Phi) is 3.58. The van der Waals surface area contributed by atoms with Crippen molar-refractivity contribution in [2.24, 2.45) is 0 Å². The van der Waals surface area contributed by atoms with Crippen LogP contribution in [0.3, 0.4) is 0 Å². The first-order valence-corrected chi connectivity index (χ1v) is 5.64. The number of hydrogen-bond acceptors (Lipinski definition) is 3. The molecule has 0 saturated carbocycles. The molecule has 0 radical (unpaired) electrons. The predicted octanol–water partition coefficient (Wildman–Crippen LogP) is 3.37. The van der Waals surface area contributed by atoms with Crippen LogP contribution < -0.4 is 4.74 Å². The molecule has 0 amide bonds. The SMILES string of the molecule is Cc1ccc(Oc2ccc([C@H](C)O)cn2)cc1F. The molecule has 0 aliphatic carbocycles. The summed E-state index contributed by atoms with van der Waals surface area (Å²) in [6.07, 6.45) is 0.966. The molecule has 1 heterocycles. The number of aliphatic hydroxyl groups excluding tert-OH is 1. The Morgan fingerprint density at radius 3 is 2.61 bits per heavy atom. The lowest BCUT2D eigenvalue weighted by Crippen LogP contribution is -1.94.